The molecule has 2 N–H and O–H groups in total. The largest absolute Gasteiger partial charge is 0.505 e. The molecule has 0 saturated heterocycles. The molecule has 140 valence electrons. The Morgan fingerprint density at radius 3 is 2.61 bits per heavy atom. The molecule has 0 aliphatic rings. The zero-order chi connectivity index (χ0) is 19.7. The summed E-state index contributed by atoms with van der Waals surface area (Å²) in [5.74, 6) is 0.0371. The average Bonchev–Trinajstić information content (AvgIpc) is 2.69. The molecular weight excluding hydrogens is 377 g/mol. The fourth-order valence-corrected chi connectivity index (χ4v) is 3.48. The number of benzene rings is 2. The van der Waals surface area contributed by atoms with Gasteiger partial charge in [0.1, 0.15) is 22.9 Å². The number of aromatic nitrogens is 2. The summed E-state index contributed by atoms with van der Waals surface area (Å²) >= 11 is 6.34. The topological polar surface area (TPSA) is 58.0 Å². The molecule has 0 saturated carbocycles. The Balaban J connectivity index is 1.93. The van der Waals surface area contributed by atoms with E-state index < -0.39 is 11.9 Å². The lowest BCUT2D eigenvalue weighted by molar-refractivity contribution is 0.470. The van der Waals surface area contributed by atoms with Gasteiger partial charge in [-0.3, -0.25) is 0 Å². The van der Waals surface area contributed by atoms with Crippen LogP contribution in [0.25, 0.3) is 10.9 Å². The normalized spacial score (nSPS) is 12.1. The maximum absolute atomic E-state index is 14.8. The SMILES string of the molecule is Cc1ccc2ccc([C@@H](Nc3ccccn3)c3c(F)cccc3Cl)c(O)c2n1. The molecule has 2 heterocycles. The van der Waals surface area contributed by atoms with Crippen LogP contribution in [0.5, 0.6) is 5.75 Å². The minimum Gasteiger partial charge on any atom is -0.505 e. The van der Waals surface area contributed by atoms with Crippen LogP contribution in [0, 0.1) is 12.7 Å². The van der Waals surface area contributed by atoms with Gasteiger partial charge in [-0.25, -0.2) is 14.4 Å². The monoisotopic (exact) mass is 393 g/mol. The number of rotatable bonds is 4. The maximum atomic E-state index is 14.8. The van der Waals surface area contributed by atoms with Crippen molar-refractivity contribution in [1.29, 1.82) is 0 Å². The first-order chi connectivity index (χ1) is 13.5. The molecule has 1 atom stereocenters. The van der Waals surface area contributed by atoms with E-state index in [0.29, 0.717) is 16.9 Å². The number of hydrogen-bond acceptors (Lipinski definition) is 4. The number of hydrogen-bond donors (Lipinski definition) is 2. The molecule has 2 aromatic heterocycles. The number of aromatic hydroxyl groups is 1. The molecule has 4 nitrogen and oxygen atoms in total. The standard InChI is InChI=1S/C22H17ClFN3O/c1-13-8-9-14-10-11-15(22(28)20(14)26-13)21(27-18-7-2-3-12-25-18)19-16(23)5-4-6-17(19)24/h2-12,21,28H,1H3,(H,25,27)/t21-/m1/s1. The minimum atomic E-state index is -0.754. The predicted molar refractivity (Wildman–Crippen MR) is 109 cm³/mol. The van der Waals surface area contributed by atoms with Gasteiger partial charge < -0.3 is 10.4 Å². The van der Waals surface area contributed by atoms with Crippen molar-refractivity contribution in [1.82, 2.24) is 9.97 Å². The Morgan fingerprint density at radius 1 is 1.04 bits per heavy atom. The molecule has 0 radical (unpaired) electrons. The molecule has 0 amide bonds. The van der Waals surface area contributed by atoms with Crippen LogP contribution < -0.4 is 5.32 Å². The third-order valence-corrected chi connectivity index (χ3v) is 4.89. The van der Waals surface area contributed by atoms with Gasteiger partial charge in [-0.1, -0.05) is 41.9 Å². The fraction of sp³-hybridized carbons (Fsp3) is 0.0909. The summed E-state index contributed by atoms with van der Waals surface area (Å²) in [6.07, 6.45) is 1.63. The van der Waals surface area contributed by atoms with Crippen LogP contribution in [0.3, 0.4) is 0 Å². The van der Waals surface area contributed by atoms with E-state index >= 15 is 0 Å². The zero-order valence-electron chi connectivity index (χ0n) is 15.0. The summed E-state index contributed by atoms with van der Waals surface area (Å²) in [4.78, 5) is 8.70. The Labute approximate surface area is 166 Å². The molecule has 28 heavy (non-hydrogen) atoms. The summed E-state index contributed by atoms with van der Waals surface area (Å²) in [6, 6.07) is 16.5. The highest BCUT2D eigenvalue weighted by molar-refractivity contribution is 6.31. The van der Waals surface area contributed by atoms with Gasteiger partial charge in [0.2, 0.25) is 0 Å². The first-order valence-corrected chi connectivity index (χ1v) is 9.13. The molecule has 6 heteroatoms. The van der Waals surface area contributed by atoms with Crippen molar-refractivity contribution in [2.24, 2.45) is 0 Å². The van der Waals surface area contributed by atoms with Crippen LogP contribution in [0.1, 0.15) is 22.9 Å². The van der Waals surface area contributed by atoms with E-state index in [1.54, 1.807) is 36.5 Å². The van der Waals surface area contributed by atoms with Crippen LogP contribution >= 0.6 is 11.6 Å². The van der Waals surface area contributed by atoms with Crippen LogP contribution in [0.15, 0.2) is 66.9 Å². The first-order valence-electron chi connectivity index (χ1n) is 8.75. The number of aryl methyl sites for hydroxylation is 1. The van der Waals surface area contributed by atoms with E-state index in [4.69, 9.17) is 11.6 Å². The van der Waals surface area contributed by atoms with Gasteiger partial charge in [0, 0.05) is 33.4 Å². The second-order valence-corrected chi connectivity index (χ2v) is 6.86. The molecule has 0 fully saturated rings. The highest BCUT2D eigenvalue weighted by atomic mass is 35.5. The van der Waals surface area contributed by atoms with Crippen LogP contribution in [0.2, 0.25) is 5.02 Å². The summed E-state index contributed by atoms with van der Waals surface area (Å²) in [6.45, 7) is 1.85. The second kappa shape index (κ2) is 7.44. The molecule has 0 aliphatic carbocycles. The van der Waals surface area contributed by atoms with Crippen LogP contribution in [0.4, 0.5) is 10.2 Å². The molecule has 0 spiro atoms. The highest BCUT2D eigenvalue weighted by Crippen LogP contribution is 2.39. The van der Waals surface area contributed by atoms with Gasteiger partial charge in [0.25, 0.3) is 0 Å². The molecule has 4 aromatic rings. The number of nitrogens with one attached hydrogen (secondary N) is 1. The van der Waals surface area contributed by atoms with Crippen molar-refractivity contribution in [2.45, 2.75) is 13.0 Å². The minimum absolute atomic E-state index is 0.0195. The van der Waals surface area contributed by atoms with E-state index in [-0.39, 0.29) is 16.3 Å². The predicted octanol–water partition coefficient (Wildman–Crippen LogP) is 5.64. The van der Waals surface area contributed by atoms with Crippen LogP contribution in [-0.2, 0) is 0 Å². The summed E-state index contributed by atoms with van der Waals surface area (Å²) in [5, 5.41) is 15.2. The number of halogens is 2. The molecule has 0 aliphatic heterocycles. The zero-order valence-corrected chi connectivity index (χ0v) is 15.8. The lowest BCUT2D eigenvalue weighted by atomic mass is 9.95. The first kappa shape index (κ1) is 18.2. The third kappa shape index (κ3) is 3.37. The Hall–Kier alpha value is -3.18. The van der Waals surface area contributed by atoms with Gasteiger partial charge in [-0.2, -0.15) is 0 Å². The van der Waals surface area contributed by atoms with Crippen molar-refractivity contribution in [2.75, 3.05) is 5.32 Å². The Kier molecular flexibility index (Phi) is 4.84. The van der Waals surface area contributed by atoms with Gasteiger partial charge in [-0.15, -0.1) is 0 Å². The molecule has 4 rings (SSSR count). The molecule has 0 bridgehead atoms. The summed E-state index contributed by atoms with van der Waals surface area (Å²) < 4.78 is 14.8. The van der Waals surface area contributed by atoms with Gasteiger partial charge >= 0.3 is 0 Å². The number of phenols is 1. The Morgan fingerprint density at radius 2 is 1.86 bits per heavy atom. The van der Waals surface area contributed by atoms with E-state index in [2.05, 4.69) is 15.3 Å². The molecule has 2 aromatic carbocycles. The summed E-state index contributed by atoms with van der Waals surface area (Å²) in [5.41, 5.74) is 1.93. The number of phenolic OH excluding ortho intramolecular Hbond substituents is 1. The number of anilines is 1. The molecular formula is C22H17ClFN3O. The van der Waals surface area contributed by atoms with E-state index in [9.17, 15) is 9.50 Å². The van der Waals surface area contributed by atoms with Crippen molar-refractivity contribution in [3.05, 3.63) is 94.5 Å². The van der Waals surface area contributed by atoms with E-state index in [1.807, 2.05) is 31.2 Å². The fourth-order valence-electron chi connectivity index (χ4n) is 3.21. The number of fused-ring (bicyclic) bond motifs is 1. The van der Waals surface area contributed by atoms with Crippen molar-refractivity contribution in [3.63, 3.8) is 0 Å². The van der Waals surface area contributed by atoms with Gasteiger partial charge in [0.15, 0.2) is 0 Å². The number of nitrogens with zero attached hydrogens (tertiary/aromatic N) is 2. The summed E-state index contributed by atoms with van der Waals surface area (Å²) in [7, 11) is 0. The Bertz CT molecular complexity index is 1130. The van der Waals surface area contributed by atoms with Gasteiger partial charge in [0.05, 0.1) is 6.04 Å². The lowest BCUT2D eigenvalue weighted by Crippen LogP contribution is -2.16. The van der Waals surface area contributed by atoms with Crippen molar-refractivity contribution < 1.29 is 9.50 Å². The quantitative estimate of drug-likeness (QED) is 0.471. The van der Waals surface area contributed by atoms with E-state index in [0.717, 1.165) is 11.1 Å². The second-order valence-electron chi connectivity index (χ2n) is 6.46. The third-order valence-electron chi connectivity index (χ3n) is 4.56. The van der Waals surface area contributed by atoms with Crippen molar-refractivity contribution >= 4 is 28.3 Å². The molecule has 0 unspecified atom stereocenters. The van der Waals surface area contributed by atoms with Crippen LogP contribution in [-0.4, -0.2) is 15.1 Å². The van der Waals surface area contributed by atoms with Gasteiger partial charge in [-0.05, 0) is 37.3 Å². The highest BCUT2D eigenvalue weighted by Gasteiger charge is 2.25. The smallest absolute Gasteiger partial charge is 0.147 e. The average molecular weight is 394 g/mol. The van der Waals surface area contributed by atoms with E-state index in [1.165, 1.54) is 6.07 Å². The lowest BCUT2D eigenvalue weighted by Gasteiger charge is -2.23. The van der Waals surface area contributed by atoms with Crippen molar-refractivity contribution in [3.8, 4) is 5.75 Å². The number of pyridine rings is 2. The maximum Gasteiger partial charge on any atom is 0.147 e.